The van der Waals surface area contributed by atoms with E-state index in [2.05, 4.69) is 15.6 Å². The molecule has 1 aliphatic heterocycles. The number of rotatable bonds is 4. The number of nitrogens with one attached hydrogen (secondary N) is 2. The van der Waals surface area contributed by atoms with E-state index < -0.39 is 11.6 Å². The molecule has 0 unspecified atom stereocenters. The molecule has 148 valence electrons. The molecule has 0 aliphatic carbocycles. The van der Waals surface area contributed by atoms with Crippen LogP contribution in [0, 0.1) is 11.6 Å². The number of para-hydroxylation sites is 1. The quantitative estimate of drug-likeness (QED) is 0.624. The number of amides is 1. The molecule has 3 rings (SSSR count). The lowest BCUT2D eigenvalue weighted by Crippen LogP contribution is -2.53. The minimum Gasteiger partial charge on any atom is -0.366 e. The maximum atomic E-state index is 14.0. The zero-order chi connectivity index (χ0) is 19.9. The summed E-state index contributed by atoms with van der Waals surface area (Å²) in [6, 6.07) is 12.7. The third-order valence-corrected chi connectivity index (χ3v) is 4.50. The fourth-order valence-corrected chi connectivity index (χ4v) is 3.11. The van der Waals surface area contributed by atoms with Crippen LogP contribution in [0.4, 0.5) is 20.2 Å². The lowest BCUT2D eigenvalue weighted by Gasteiger charge is -2.37. The van der Waals surface area contributed by atoms with Crippen LogP contribution in [-0.4, -0.2) is 56.5 Å². The molecule has 0 spiro atoms. The van der Waals surface area contributed by atoms with Crippen molar-refractivity contribution in [2.45, 2.75) is 0 Å². The molecule has 28 heavy (non-hydrogen) atoms. The third-order valence-electron chi connectivity index (χ3n) is 4.50. The normalized spacial score (nSPS) is 14.8. The standard InChI is InChI=1S/C20H23F2N5O/c1-23-20(24-14-19(28)25-16-5-3-2-4-6-16)27-11-9-26(10-12-27)18-13-15(21)7-8-17(18)22/h2-8,13H,9-12,14H2,1H3,(H,23,24)(H,25,28). The number of nitrogens with zero attached hydrogens (tertiary/aromatic N) is 3. The summed E-state index contributed by atoms with van der Waals surface area (Å²) in [4.78, 5) is 20.1. The number of benzene rings is 2. The van der Waals surface area contributed by atoms with Crippen LogP contribution in [0.2, 0.25) is 0 Å². The predicted molar refractivity (Wildman–Crippen MR) is 107 cm³/mol. The van der Waals surface area contributed by atoms with Crippen LogP contribution < -0.4 is 15.5 Å². The first-order valence-electron chi connectivity index (χ1n) is 9.07. The Bertz CT molecular complexity index is 836. The maximum Gasteiger partial charge on any atom is 0.243 e. The lowest BCUT2D eigenvalue weighted by molar-refractivity contribution is -0.115. The van der Waals surface area contributed by atoms with Gasteiger partial charge in [-0.15, -0.1) is 0 Å². The number of guanidine groups is 1. The first kappa shape index (κ1) is 19.6. The molecule has 0 radical (unpaired) electrons. The van der Waals surface area contributed by atoms with Gasteiger partial charge < -0.3 is 20.4 Å². The van der Waals surface area contributed by atoms with Gasteiger partial charge in [0.2, 0.25) is 5.91 Å². The Hall–Kier alpha value is -3.16. The van der Waals surface area contributed by atoms with Crippen LogP contribution in [0.3, 0.4) is 0 Å². The van der Waals surface area contributed by atoms with E-state index in [1.165, 1.54) is 6.07 Å². The summed E-state index contributed by atoms with van der Waals surface area (Å²) >= 11 is 0. The molecule has 8 heteroatoms. The highest BCUT2D eigenvalue weighted by atomic mass is 19.1. The summed E-state index contributed by atoms with van der Waals surface area (Å²) < 4.78 is 27.4. The van der Waals surface area contributed by atoms with E-state index in [0.29, 0.717) is 32.1 Å². The van der Waals surface area contributed by atoms with Crippen molar-refractivity contribution in [1.29, 1.82) is 0 Å². The first-order valence-corrected chi connectivity index (χ1v) is 9.07. The Morgan fingerprint density at radius 3 is 2.46 bits per heavy atom. The van der Waals surface area contributed by atoms with Crippen molar-refractivity contribution in [2.24, 2.45) is 4.99 Å². The van der Waals surface area contributed by atoms with Crippen molar-refractivity contribution < 1.29 is 13.6 Å². The SMILES string of the molecule is CN=C(NCC(=O)Nc1ccccc1)N1CCN(c2cc(F)ccc2F)CC1. The van der Waals surface area contributed by atoms with Crippen molar-refractivity contribution in [3.8, 4) is 0 Å². The van der Waals surface area contributed by atoms with Crippen molar-refractivity contribution >= 4 is 23.2 Å². The molecule has 2 aromatic rings. The molecule has 6 nitrogen and oxygen atoms in total. The van der Waals surface area contributed by atoms with Crippen LogP contribution in [-0.2, 0) is 4.79 Å². The second kappa shape index (κ2) is 9.16. The molecule has 1 heterocycles. The van der Waals surface area contributed by atoms with Crippen molar-refractivity contribution in [3.63, 3.8) is 0 Å². The van der Waals surface area contributed by atoms with Gasteiger partial charge in [-0.2, -0.15) is 0 Å². The topological polar surface area (TPSA) is 60.0 Å². The number of anilines is 2. The molecule has 1 aliphatic rings. The van der Waals surface area contributed by atoms with E-state index in [-0.39, 0.29) is 18.1 Å². The Morgan fingerprint density at radius 1 is 1.07 bits per heavy atom. The molecule has 0 aromatic heterocycles. The zero-order valence-corrected chi connectivity index (χ0v) is 15.7. The molecular weight excluding hydrogens is 364 g/mol. The van der Waals surface area contributed by atoms with Gasteiger partial charge in [-0.25, -0.2) is 8.78 Å². The summed E-state index contributed by atoms with van der Waals surface area (Å²) in [6.45, 7) is 2.29. The number of hydrogen-bond donors (Lipinski definition) is 2. The van der Waals surface area contributed by atoms with E-state index in [1.807, 2.05) is 40.1 Å². The zero-order valence-electron chi connectivity index (χ0n) is 15.7. The van der Waals surface area contributed by atoms with Crippen LogP contribution in [0.15, 0.2) is 53.5 Å². The average Bonchev–Trinajstić information content (AvgIpc) is 2.71. The van der Waals surface area contributed by atoms with E-state index >= 15 is 0 Å². The minimum atomic E-state index is -0.458. The number of piperazine rings is 1. The third kappa shape index (κ3) is 4.97. The van der Waals surface area contributed by atoms with E-state index in [0.717, 1.165) is 17.8 Å². The number of aliphatic imine (C=N–C) groups is 1. The van der Waals surface area contributed by atoms with E-state index in [4.69, 9.17) is 0 Å². The number of halogens is 2. The summed E-state index contributed by atoms with van der Waals surface area (Å²) in [6.07, 6.45) is 0. The monoisotopic (exact) mass is 387 g/mol. The summed E-state index contributed by atoms with van der Waals surface area (Å²) in [7, 11) is 1.65. The van der Waals surface area contributed by atoms with Gasteiger partial charge in [-0.05, 0) is 24.3 Å². The van der Waals surface area contributed by atoms with Gasteiger partial charge in [0, 0.05) is 45.0 Å². The molecule has 2 N–H and O–H groups in total. The second-order valence-corrected chi connectivity index (χ2v) is 6.38. The maximum absolute atomic E-state index is 14.0. The van der Waals surface area contributed by atoms with Crippen molar-refractivity contribution in [2.75, 3.05) is 50.0 Å². The smallest absolute Gasteiger partial charge is 0.243 e. The van der Waals surface area contributed by atoms with Gasteiger partial charge in [-0.1, -0.05) is 18.2 Å². The van der Waals surface area contributed by atoms with Gasteiger partial charge in [0.05, 0.1) is 12.2 Å². The molecule has 0 saturated carbocycles. The van der Waals surface area contributed by atoms with E-state index in [1.54, 1.807) is 7.05 Å². The average molecular weight is 387 g/mol. The molecule has 0 atom stereocenters. The number of carbonyl (C=O) groups excluding carboxylic acids is 1. The van der Waals surface area contributed by atoms with Gasteiger partial charge in [-0.3, -0.25) is 9.79 Å². The Morgan fingerprint density at radius 2 is 1.79 bits per heavy atom. The molecular formula is C20H23F2N5O. The highest BCUT2D eigenvalue weighted by Gasteiger charge is 2.22. The predicted octanol–water partition coefficient (Wildman–Crippen LogP) is 2.30. The fraction of sp³-hybridized carbons (Fsp3) is 0.300. The summed E-state index contributed by atoms with van der Waals surface area (Å²) in [5, 5.41) is 5.85. The van der Waals surface area contributed by atoms with Crippen molar-refractivity contribution in [1.82, 2.24) is 10.2 Å². The Balaban J connectivity index is 1.51. The highest BCUT2D eigenvalue weighted by molar-refractivity contribution is 5.95. The van der Waals surface area contributed by atoms with Gasteiger partial charge >= 0.3 is 0 Å². The van der Waals surface area contributed by atoms with Gasteiger partial charge in [0.1, 0.15) is 11.6 Å². The van der Waals surface area contributed by atoms with E-state index in [9.17, 15) is 13.6 Å². The molecule has 1 fully saturated rings. The molecule has 0 bridgehead atoms. The second-order valence-electron chi connectivity index (χ2n) is 6.38. The largest absolute Gasteiger partial charge is 0.366 e. The fourth-order valence-electron chi connectivity index (χ4n) is 3.11. The first-order chi connectivity index (χ1) is 13.6. The van der Waals surface area contributed by atoms with Gasteiger partial charge in [0.15, 0.2) is 5.96 Å². The van der Waals surface area contributed by atoms with Crippen LogP contribution in [0.5, 0.6) is 0 Å². The number of carbonyl (C=O) groups is 1. The van der Waals surface area contributed by atoms with Gasteiger partial charge in [0.25, 0.3) is 0 Å². The summed E-state index contributed by atoms with van der Waals surface area (Å²) in [5.41, 5.74) is 1.000. The molecule has 2 aromatic carbocycles. The number of hydrogen-bond acceptors (Lipinski definition) is 3. The minimum absolute atomic E-state index is 0.0836. The Labute approximate surface area is 162 Å². The lowest BCUT2D eigenvalue weighted by atomic mass is 10.2. The summed E-state index contributed by atoms with van der Waals surface area (Å²) in [5.74, 6) is -0.467. The van der Waals surface area contributed by atoms with Crippen LogP contribution >= 0.6 is 0 Å². The Kier molecular flexibility index (Phi) is 6.41. The van der Waals surface area contributed by atoms with Crippen LogP contribution in [0.1, 0.15) is 0 Å². The molecule has 1 amide bonds. The highest BCUT2D eigenvalue weighted by Crippen LogP contribution is 2.21. The van der Waals surface area contributed by atoms with Crippen molar-refractivity contribution in [3.05, 3.63) is 60.2 Å². The van der Waals surface area contributed by atoms with Crippen LogP contribution in [0.25, 0.3) is 0 Å². The molecule has 1 saturated heterocycles.